The predicted molar refractivity (Wildman–Crippen MR) is 145 cm³/mol. The van der Waals surface area contributed by atoms with Crippen molar-refractivity contribution in [3.63, 3.8) is 0 Å². The van der Waals surface area contributed by atoms with Gasteiger partial charge >= 0.3 is 0 Å². The summed E-state index contributed by atoms with van der Waals surface area (Å²) in [4.78, 5) is 42.8. The van der Waals surface area contributed by atoms with Crippen molar-refractivity contribution >= 4 is 55.2 Å². The van der Waals surface area contributed by atoms with E-state index in [-0.39, 0.29) is 27.9 Å². The number of non-ortho nitro benzene ring substituents is 2. The molecular formula is C29H15N3O7. The number of benzene rings is 6. The molecule has 0 fully saturated rings. The molecule has 39 heavy (non-hydrogen) atoms. The van der Waals surface area contributed by atoms with Crippen molar-refractivity contribution in [2.24, 2.45) is 0 Å². The molecule has 0 aromatic heterocycles. The number of hydrogen-bond acceptors (Lipinski definition) is 7. The number of fused-ring (bicyclic) bond motifs is 3. The summed E-state index contributed by atoms with van der Waals surface area (Å²) in [5.74, 6) is -0.717. The van der Waals surface area contributed by atoms with E-state index in [0.29, 0.717) is 0 Å². The van der Waals surface area contributed by atoms with E-state index in [1.807, 2.05) is 0 Å². The lowest BCUT2D eigenvalue weighted by Gasteiger charge is -2.09. The molecule has 1 aliphatic rings. The van der Waals surface area contributed by atoms with Gasteiger partial charge in [0.1, 0.15) is 0 Å². The Labute approximate surface area is 218 Å². The minimum absolute atomic E-state index is 0.0597. The first kappa shape index (κ1) is 23.6. The van der Waals surface area contributed by atoms with Gasteiger partial charge in [0.25, 0.3) is 17.1 Å². The fraction of sp³-hybridized carbons (Fsp3) is 0. The number of nitrogens with zero attached hydrogens (tertiary/aromatic N) is 3. The van der Waals surface area contributed by atoms with E-state index in [0.717, 1.165) is 24.3 Å². The van der Waals surface area contributed by atoms with Crippen molar-refractivity contribution in [2.75, 3.05) is 0 Å². The van der Waals surface area contributed by atoms with Gasteiger partial charge in [-0.05, 0) is 38.4 Å². The molecular weight excluding hydrogens is 502 g/mol. The van der Waals surface area contributed by atoms with Gasteiger partial charge in [0.15, 0.2) is 5.78 Å². The maximum absolute atomic E-state index is 12.3. The van der Waals surface area contributed by atoms with Gasteiger partial charge in [0.2, 0.25) is 0 Å². The Morgan fingerprint density at radius 1 is 0.487 bits per heavy atom. The molecule has 0 saturated carbocycles. The SMILES string of the molecule is O=C1c2cc([N+](=O)[O-])ccc2-c2c1cc([N+](=O)[O-])cc2[N+](=O)[O-].c1cc2ccc3cccc4ccc(c1)c2c34. The number of nitro groups is 3. The highest BCUT2D eigenvalue weighted by Gasteiger charge is 2.36. The molecule has 0 radical (unpaired) electrons. The van der Waals surface area contributed by atoms with Crippen molar-refractivity contribution in [3.8, 4) is 11.1 Å². The van der Waals surface area contributed by atoms with Crippen molar-refractivity contribution in [3.05, 3.63) is 132 Å². The molecule has 7 rings (SSSR count). The van der Waals surface area contributed by atoms with Gasteiger partial charge in [-0.15, -0.1) is 0 Å². The lowest BCUT2D eigenvalue weighted by molar-refractivity contribution is -0.393. The molecule has 0 atom stereocenters. The first-order valence-electron chi connectivity index (χ1n) is 11.7. The second-order valence-corrected chi connectivity index (χ2v) is 9.01. The largest absolute Gasteiger partial charge is 0.289 e. The molecule has 0 aliphatic heterocycles. The molecule has 0 saturated heterocycles. The smallest absolute Gasteiger partial charge is 0.284 e. The molecule has 0 unspecified atom stereocenters. The minimum Gasteiger partial charge on any atom is -0.289 e. The standard InChI is InChI=1S/C16H10.C13H5N3O7/c1-3-11-7-9-13-5-2-6-14-10-8-12(4-1)15(11)16(13)14;17-13-9-3-6(14(18)19)1-2-8(9)12-10(13)4-7(15(20)21)5-11(12)16(22)23/h1-10H;1-5H. The molecule has 0 N–H and O–H groups in total. The van der Waals surface area contributed by atoms with Gasteiger partial charge in [-0.1, -0.05) is 60.7 Å². The van der Waals surface area contributed by atoms with Gasteiger partial charge < -0.3 is 0 Å². The Morgan fingerprint density at radius 3 is 1.44 bits per heavy atom. The van der Waals surface area contributed by atoms with Crippen molar-refractivity contribution < 1.29 is 19.6 Å². The second kappa shape index (κ2) is 8.67. The van der Waals surface area contributed by atoms with Crippen LogP contribution in [0.15, 0.2) is 91.0 Å². The monoisotopic (exact) mass is 517 g/mol. The highest BCUT2D eigenvalue weighted by atomic mass is 16.6. The molecule has 0 heterocycles. The van der Waals surface area contributed by atoms with Crippen LogP contribution in [0.3, 0.4) is 0 Å². The molecule has 10 nitrogen and oxygen atoms in total. The number of rotatable bonds is 3. The molecule has 1 aliphatic carbocycles. The summed E-state index contributed by atoms with van der Waals surface area (Å²) in [6.45, 7) is 0. The van der Waals surface area contributed by atoms with E-state index in [4.69, 9.17) is 0 Å². The summed E-state index contributed by atoms with van der Waals surface area (Å²) < 4.78 is 0. The normalized spacial score (nSPS) is 11.7. The Hall–Kier alpha value is -5.77. The summed E-state index contributed by atoms with van der Waals surface area (Å²) in [6.07, 6.45) is 0. The second-order valence-electron chi connectivity index (χ2n) is 9.01. The molecule has 0 amide bonds. The average Bonchev–Trinajstić information content (AvgIpc) is 3.22. The van der Waals surface area contributed by atoms with Gasteiger partial charge in [0.05, 0.1) is 26.4 Å². The third-order valence-electron chi connectivity index (χ3n) is 6.88. The fourth-order valence-corrected chi connectivity index (χ4v) is 5.19. The van der Waals surface area contributed by atoms with Crippen LogP contribution in [0.5, 0.6) is 0 Å². The van der Waals surface area contributed by atoms with E-state index in [1.54, 1.807) is 0 Å². The van der Waals surface area contributed by atoms with Crippen molar-refractivity contribution in [2.45, 2.75) is 0 Å². The van der Waals surface area contributed by atoms with Crippen LogP contribution >= 0.6 is 0 Å². The van der Waals surface area contributed by atoms with Gasteiger partial charge in [-0.2, -0.15) is 0 Å². The van der Waals surface area contributed by atoms with Crippen LogP contribution in [0.2, 0.25) is 0 Å². The Balaban J connectivity index is 0.000000150. The van der Waals surface area contributed by atoms with Crippen LogP contribution in [0.4, 0.5) is 17.1 Å². The Kier molecular flexibility index (Phi) is 5.25. The zero-order valence-electron chi connectivity index (χ0n) is 19.9. The summed E-state index contributed by atoms with van der Waals surface area (Å²) in [5, 5.41) is 41.0. The number of nitro benzene ring substituents is 3. The van der Waals surface area contributed by atoms with E-state index in [2.05, 4.69) is 60.7 Å². The summed E-state index contributed by atoms with van der Waals surface area (Å²) >= 11 is 0. The van der Waals surface area contributed by atoms with Gasteiger partial charge in [-0.3, -0.25) is 35.1 Å². The van der Waals surface area contributed by atoms with Crippen LogP contribution in [-0.2, 0) is 0 Å². The molecule has 0 spiro atoms. The van der Waals surface area contributed by atoms with Crippen LogP contribution in [0, 0.1) is 30.3 Å². The van der Waals surface area contributed by atoms with Gasteiger partial charge in [0, 0.05) is 34.9 Å². The lowest BCUT2D eigenvalue weighted by Crippen LogP contribution is -2.00. The fourth-order valence-electron chi connectivity index (χ4n) is 5.19. The number of carbonyl (C=O) groups is 1. The third kappa shape index (κ3) is 3.70. The Bertz CT molecular complexity index is 1900. The molecule has 6 aromatic carbocycles. The average molecular weight is 517 g/mol. The highest BCUT2D eigenvalue weighted by molar-refractivity contribution is 6.24. The summed E-state index contributed by atoms with van der Waals surface area (Å²) in [7, 11) is 0. The van der Waals surface area contributed by atoms with Crippen molar-refractivity contribution in [1.82, 2.24) is 0 Å². The molecule has 10 heteroatoms. The third-order valence-corrected chi connectivity index (χ3v) is 6.88. The predicted octanol–water partition coefficient (Wildman–Crippen LogP) is 7.21. The van der Waals surface area contributed by atoms with E-state index in [9.17, 15) is 35.1 Å². The van der Waals surface area contributed by atoms with Crippen LogP contribution in [0.25, 0.3) is 43.4 Å². The topological polar surface area (TPSA) is 146 Å². The summed E-state index contributed by atoms with van der Waals surface area (Å²) in [6, 6.07) is 26.9. The zero-order valence-corrected chi connectivity index (χ0v) is 19.9. The maximum atomic E-state index is 12.3. The first-order chi connectivity index (χ1) is 18.7. The number of carbonyl (C=O) groups excluding carboxylic acids is 1. The highest BCUT2D eigenvalue weighted by Crippen LogP contribution is 2.45. The van der Waals surface area contributed by atoms with Gasteiger partial charge in [-0.25, -0.2) is 0 Å². The molecule has 188 valence electrons. The van der Waals surface area contributed by atoms with Crippen LogP contribution in [-0.4, -0.2) is 20.6 Å². The molecule has 6 aromatic rings. The zero-order chi connectivity index (χ0) is 27.4. The first-order valence-corrected chi connectivity index (χ1v) is 11.7. The quantitative estimate of drug-likeness (QED) is 0.137. The maximum Gasteiger partial charge on any atom is 0.284 e. The van der Waals surface area contributed by atoms with Crippen LogP contribution < -0.4 is 0 Å². The van der Waals surface area contributed by atoms with Crippen LogP contribution in [0.1, 0.15) is 15.9 Å². The van der Waals surface area contributed by atoms with Crippen molar-refractivity contribution in [1.29, 1.82) is 0 Å². The lowest BCUT2D eigenvalue weighted by atomic mass is 9.95. The van der Waals surface area contributed by atoms with E-state index >= 15 is 0 Å². The number of ketones is 1. The summed E-state index contributed by atoms with van der Waals surface area (Å²) in [5.41, 5.74) is -1.73. The minimum atomic E-state index is -0.841. The Morgan fingerprint density at radius 2 is 0.974 bits per heavy atom. The number of hydrogen-bond donors (Lipinski definition) is 0. The molecule has 0 bridgehead atoms. The van der Waals surface area contributed by atoms with E-state index in [1.165, 1.54) is 38.4 Å². The van der Waals surface area contributed by atoms with E-state index < -0.39 is 31.9 Å².